The summed E-state index contributed by atoms with van der Waals surface area (Å²) >= 11 is 0. The molecule has 0 saturated carbocycles. The zero-order valence-electron chi connectivity index (χ0n) is 10.0. The van der Waals surface area contributed by atoms with Gasteiger partial charge in [0.25, 0.3) is 0 Å². The van der Waals surface area contributed by atoms with Gasteiger partial charge < -0.3 is 5.32 Å². The highest BCUT2D eigenvalue weighted by atomic mass is 14.8. The molecule has 88 valence electrons. The van der Waals surface area contributed by atoms with Gasteiger partial charge in [-0.15, -0.1) is 0 Å². The van der Waals surface area contributed by atoms with Gasteiger partial charge in [-0.3, -0.25) is 0 Å². The fraction of sp³-hybridized carbons (Fsp3) is 0.133. The number of hydrogen-bond donors (Lipinski definition) is 2. The van der Waals surface area contributed by atoms with Crippen LogP contribution in [0, 0.1) is 0 Å². The van der Waals surface area contributed by atoms with Gasteiger partial charge in [0, 0.05) is 30.1 Å². The molecule has 0 aromatic rings. The SMILES string of the molecule is C=C/C=C(C=C)/[NH+]=C/C=C/NC1=CCCC=C1. The van der Waals surface area contributed by atoms with Crippen molar-refractivity contribution in [2.24, 2.45) is 0 Å². The first-order valence-electron chi connectivity index (χ1n) is 5.70. The van der Waals surface area contributed by atoms with E-state index in [0.29, 0.717) is 0 Å². The molecular weight excluding hydrogens is 208 g/mol. The van der Waals surface area contributed by atoms with Gasteiger partial charge in [-0.25, -0.2) is 4.99 Å². The third kappa shape index (κ3) is 5.52. The Bertz CT molecular complexity index is 407. The Labute approximate surface area is 103 Å². The van der Waals surface area contributed by atoms with Crippen LogP contribution in [0.15, 0.2) is 73.3 Å². The van der Waals surface area contributed by atoms with Gasteiger partial charge in [0.2, 0.25) is 5.70 Å². The molecule has 0 aromatic heterocycles. The Morgan fingerprint density at radius 1 is 1.35 bits per heavy atom. The van der Waals surface area contributed by atoms with E-state index in [-0.39, 0.29) is 0 Å². The second-order valence-electron chi connectivity index (χ2n) is 3.52. The van der Waals surface area contributed by atoms with E-state index in [0.717, 1.165) is 24.2 Å². The molecule has 0 bridgehead atoms. The molecule has 1 aliphatic carbocycles. The van der Waals surface area contributed by atoms with Crippen molar-refractivity contribution in [3.05, 3.63) is 73.3 Å². The van der Waals surface area contributed by atoms with Crippen LogP contribution in [-0.4, -0.2) is 6.21 Å². The molecular formula is C15H19N2+. The predicted octanol–water partition coefficient (Wildman–Crippen LogP) is 1.73. The minimum Gasteiger partial charge on any atom is -0.362 e. The lowest BCUT2D eigenvalue weighted by molar-refractivity contribution is -0.383. The first-order valence-corrected chi connectivity index (χ1v) is 5.70. The summed E-state index contributed by atoms with van der Waals surface area (Å²) in [6.07, 6.45) is 19.7. The highest BCUT2D eigenvalue weighted by Crippen LogP contribution is 2.05. The number of hydrogen-bond acceptors (Lipinski definition) is 1. The Hall–Kier alpha value is -2.09. The number of rotatable bonds is 6. The summed E-state index contributed by atoms with van der Waals surface area (Å²) in [7, 11) is 0. The van der Waals surface area contributed by atoms with Gasteiger partial charge in [-0.2, -0.15) is 0 Å². The Balaban J connectivity index is 2.39. The minimum atomic E-state index is 0.918. The molecule has 2 heteroatoms. The first-order chi connectivity index (χ1) is 8.36. The molecule has 0 radical (unpaired) electrons. The molecule has 2 N–H and O–H groups in total. The quantitative estimate of drug-likeness (QED) is 0.524. The Kier molecular flexibility index (Phi) is 6.19. The molecule has 0 aliphatic heterocycles. The van der Waals surface area contributed by atoms with Crippen molar-refractivity contribution in [1.29, 1.82) is 0 Å². The fourth-order valence-electron chi connectivity index (χ4n) is 1.36. The Morgan fingerprint density at radius 2 is 2.24 bits per heavy atom. The van der Waals surface area contributed by atoms with Crippen LogP contribution in [0.4, 0.5) is 0 Å². The van der Waals surface area contributed by atoms with Crippen molar-refractivity contribution in [2.45, 2.75) is 12.8 Å². The lowest BCUT2D eigenvalue weighted by atomic mass is 10.1. The van der Waals surface area contributed by atoms with E-state index < -0.39 is 0 Å². The van der Waals surface area contributed by atoms with Gasteiger partial charge in [-0.1, -0.05) is 31.4 Å². The van der Waals surface area contributed by atoms with Gasteiger partial charge >= 0.3 is 0 Å². The molecule has 0 aromatic carbocycles. The normalized spacial score (nSPS) is 16.2. The number of nitrogens with one attached hydrogen (secondary N) is 2. The maximum Gasteiger partial charge on any atom is 0.202 e. The summed E-state index contributed by atoms with van der Waals surface area (Å²) in [5.41, 5.74) is 2.06. The highest BCUT2D eigenvalue weighted by Gasteiger charge is 1.92. The van der Waals surface area contributed by atoms with Crippen LogP contribution < -0.4 is 10.3 Å². The minimum absolute atomic E-state index is 0.918. The number of allylic oxidation sites excluding steroid dienone is 7. The first kappa shape index (κ1) is 13.0. The highest BCUT2D eigenvalue weighted by molar-refractivity contribution is 5.65. The van der Waals surface area contributed by atoms with Crippen molar-refractivity contribution in [1.82, 2.24) is 5.32 Å². The van der Waals surface area contributed by atoms with Crippen LogP contribution in [0.25, 0.3) is 0 Å². The van der Waals surface area contributed by atoms with Crippen LogP contribution in [0.1, 0.15) is 12.8 Å². The molecule has 2 nitrogen and oxygen atoms in total. The topological polar surface area (TPSA) is 26.0 Å². The smallest absolute Gasteiger partial charge is 0.202 e. The molecule has 0 fully saturated rings. The van der Waals surface area contributed by atoms with Crippen LogP contribution in [-0.2, 0) is 0 Å². The standard InChI is InChI=1S/C15H18N2/c1-3-9-14(4-2)16-12-8-13-17-15-10-6-5-7-11-15/h3-4,6,8-13,17H,1-2,5,7H2/p+1/b13-8+,14-9+,16-12+. The second kappa shape index (κ2) is 8.11. The van der Waals surface area contributed by atoms with Crippen molar-refractivity contribution in [2.75, 3.05) is 0 Å². The molecule has 0 atom stereocenters. The fourth-order valence-corrected chi connectivity index (χ4v) is 1.36. The maximum absolute atomic E-state index is 3.70. The molecule has 1 aliphatic rings. The Morgan fingerprint density at radius 3 is 2.88 bits per heavy atom. The molecule has 0 amide bonds. The van der Waals surface area contributed by atoms with E-state index in [2.05, 4.69) is 41.7 Å². The zero-order valence-corrected chi connectivity index (χ0v) is 10.0. The van der Waals surface area contributed by atoms with Crippen molar-refractivity contribution >= 4 is 6.21 Å². The molecule has 0 heterocycles. The van der Waals surface area contributed by atoms with Crippen molar-refractivity contribution in [3.8, 4) is 0 Å². The van der Waals surface area contributed by atoms with E-state index >= 15 is 0 Å². The average Bonchev–Trinajstić information content (AvgIpc) is 2.38. The van der Waals surface area contributed by atoms with Gasteiger partial charge in [0.1, 0.15) is 0 Å². The monoisotopic (exact) mass is 227 g/mol. The van der Waals surface area contributed by atoms with E-state index in [1.807, 2.05) is 24.6 Å². The lowest BCUT2D eigenvalue weighted by Gasteiger charge is -2.04. The third-order valence-corrected chi connectivity index (χ3v) is 2.20. The largest absolute Gasteiger partial charge is 0.362 e. The van der Waals surface area contributed by atoms with Crippen LogP contribution >= 0.6 is 0 Å². The predicted molar refractivity (Wildman–Crippen MR) is 74.2 cm³/mol. The zero-order chi connectivity index (χ0) is 12.3. The molecule has 0 spiro atoms. The van der Waals surface area contributed by atoms with Crippen LogP contribution in [0.5, 0.6) is 0 Å². The maximum atomic E-state index is 3.70. The summed E-state index contributed by atoms with van der Waals surface area (Å²) in [6, 6.07) is 0. The van der Waals surface area contributed by atoms with Gasteiger partial charge in [-0.05, 0) is 18.9 Å². The summed E-state index contributed by atoms with van der Waals surface area (Å²) in [5.74, 6) is 0. The summed E-state index contributed by atoms with van der Waals surface area (Å²) in [4.78, 5) is 3.09. The van der Waals surface area contributed by atoms with Crippen molar-refractivity contribution in [3.63, 3.8) is 0 Å². The average molecular weight is 227 g/mol. The van der Waals surface area contributed by atoms with E-state index in [9.17, 15) is 0 Å². The molecule has 0 saturated heterocycles. The van der Waals surface area contributed by atoms with Crippen LogP contribution in [0.3, 0.4) is 0 Å². The lowest BCUT2D eigenvalue weighted by Crippen LogP contribution is -2.65. The van der Waals surface area contributed by atoms with E-state index in [1.54, 1.807) is 12.2 Å². The second-order valence-corrected chi connectivity index (χ2v) is 3.52. The summed E-state index contributed by atoms with van der Waals surface area (Å²) in [5, 5.41) is 3.20. The third-order valence-electron chi connectivity index (χ3n) is 2.20. The molecule has 0 unspecified atom stereocenters. The van der Waals surface area contributed by atoms with Gasteiger partial charge in [0.05, 0.1) is 0 Å². The molecule has 1 rings (SSSR count). The van der Waals surface area contributed by atoms with E-state index in [1.165, 1.54) is 0 Å². The van der Waals surface area contributed by atoms with E-state index in [4.69, 9.17) is 0 Å². The van der Waals surface area contributed by atoms with Crippen molar-refractivity contribution < 1.29 is 4.99 Å². The summed E-state index contributed by atoms with van der Waals surface area (Å²) in [6.45, 7) is 7.33. The molecule has 17 heavy (non-hydrogen) atoms. The summed E-state index contributed by atoms with van der Waals surface area (Å²) < 4.78 is 0. The van der Waals surface area contributed by atoms with Gasteiger partial charge in [0.15, 0.2) is 6.21 Å². The van der Waals surface area contributed by atoms with Crippen LogP contribution in [0.2, 0.25) is 0 Å².